The van der Waals surface area contributed by atoms with E-state index < -0.39 is 30.5 Å². The van der Waals surface area contributed by atoms with Gasteiger partial charge in [-0.05, 0) is 47.2 Å². The summed E-state index contributed by atoms with van der Waals surface area (Å²) in [5, 5.41) is 1.63. The third-order valence-electron chi connectivity index (χ3n) is 3.70. The van der Waals surface area contributed by atoms with E-state index in [0.717, 1.165) is 35.0 Å². The van der Waals surface area contributed by atoms with Gasteiger partial charge >= 0.3 is 5.76 Å². The Morgan fingerprint density at radius 1 is 0.731 bits per heavy atom. The second kappa shape index (κ2) is 6.65. The van der Waals surface area contributed by atoms with Gasteiger partial charge in [0.1, 0.15) is 0 Å². The number of halogens is 2. The lowest BCUT2D eigenvalue weighted by Crippen LogP contribution is -2.14. The first-order valence-electron chi connectivity index (χ1n) is 7.34. The molecule has 0 aliphatic rings. The van der Waals surface area contributed by atoms with Gasteiger partial charge in [0.15, 0.2) is 0 Å². The molecule has 0 radical (unpaired) electrons. The molecule has 0 heterocycles. The van der Waals surface area contributed by atoms with Crippen LogP contribution in [0.4, 0.5) is 14.5 Å². The summed E-state index contributed by atoms with van der Waals surface area (Å²) >= 11 is 0. The fourth-order valence-corrected chi connectivity index (χ4v) is 4.18. The minimum absolute atomic E-state index is 0.0282. The standard InChI is InChI=1S/C17H13F2NO4S2/c18-17(19)25(21,22)15-9-6-14(7-10-15)20-26(23,24)16-8-5-12-3-1-2-4-13(12)11-16/h1-11,17,20H. The summed E-state index contributed by atoms with van der Waals surface area (Å²) in [6.07, 6.45) is 0. The van der Waals surface area contributed by atoms with E-state index in [0.29, 0.717) is 0 Å². The summed E-state index contributed by atoms with van der Waals surface area (Å²) in [6.45, 7) is 0. The van der Waals surface area contributed by atoms with Gasteiger partial charge < -0.3 is 0 Å². The van der Waals surface area contributed by atoms with E-state index in [-0.39, 0.29) is 10.6 Å². The average Bonchev–Trinajstić information content (AvgIpc) is 2.61. The molecular weight excluding hydrogens is 384 g/mol. The highest BCUT2D eigenvalue weighted by Gasteiger charge is 2.26. The van der Waals surface area contributed by atoms with Crippen LogP contribution in [0, 0.1) is 0 Å². The van der Waals surface area contributed by atoms with E-state index in [1.54, 1.807) is 18.2 Å². The van der Waals surface area contributed by atoms with Gasteiger partial charge in [0, 0.05) is 5.69 Å². The Balaban J connectivity index is 1.89. The Hall–Kier alpha value is -2.52. The third-order valence-corrected chi connectivity index (χ3v) is 6.48. The van der Waals surface area contributed by atoms with Gasteiger partial charge in [0.2, 0.25) is 9.84 Å². The number of nitrogens with one attached hydrogen (secondary N) is 1. The van der Waals surface area contributed by atoms with E-state index in [1.807, 2.05) is 12.1 Å². The van der Waals surface area contributed by atoms with Crippen LogP contribution in [-0.4, -0.2) is 22.6 Å². The predicted octanol–water partition coefficient (Wildman–Crippen LogP) is 3.64. The molecule has 3 aromatic rings. The summed E-state index contributed by atoms with van der Waals surface area (Å²) in [5.74, 6) is -3.54. The molecule has 0 spiro atoms. The van der Waals surface area contributed by atoms with Gasteiger partial charge in [-0.3, -0.25) is 4.72 Å². The molecule has 3 aromatic carbocycles. The maximum absolute atomic E-state index is 12.5. The molecular formula is C17H13F2NO4S2. The Morgan fingerprint density at radius 2 is 1.31 bits per heavy atom. The van der Waals surface area contributed by atoms with Gasteiger partial charge in [0.05, 0.1) is 9.79 Å². The zero-order valence-corrected chi connectivity index (χ0v) is 14.8. The van der Waals surface area contributed by atoms with Crippen LogP contribution in [0.25, 0.3) is 10.8 Å². The van der Waals surface area contributed by atoms with Crippen LogP contribution in [-0.2, 0) is 19.9 Å². The van der Waals surface area contributed by atoms with E-state index in [4.69, 9.17) is 0 Å². The van der Waals surface area contributed by atoms with Crippen LogP contribution in [0.15, 0.2) is 76.5 Å². The number of alkyl halides is 2. The Kier molecular flexibility index (Phi) is 4.68. The summed E-state index contributed by atoms with van der Waals surface area (Å²) in [6, 6.07) is 16.0. The highest BCUT2D eigenvalue weighted by atomic mass is 32.2. The highest BCUT2D eigenvalue weighted by molar-refractivity contribution is 7.92. The number of sulfonamides is 1. The maximum Gasteiger partial charge on any atom is 0.341 e. The van der Waals surface area contributed by atoms with E-state index in [9.17, 15) is 25.6 Å². The van der Waals surface area contributed by atoms with Gasteiger partial charge in [-0.25, -0.2) is 16.8 Å². The third kappa shape index (κ3) is 3.54. The summed E-state index contributed by atoms with van der Waals surface area (Å²) < 4.78 is 75.1. The lowest BCUT2D eigenvalue weighted by Gasteiger charge is -2.10. The van der Waals surface area contributed by atoms with Crippen molar-refractivity contribution in [3.63, 3.8) is 0 Å². The van der Waals surface area contributed by atoms with E-state index in [2.05, 4.69) is 4.72 Å². The molecule has 0 saturated carbocycles. The quantitative estimate of drug-likeness (QED) is 0.713. The molecule has 0 aliphatic heterocycles. The lowest BCUT2D eigenvalue weighted by molar-refractivity contribution is 0.234. The van der Waals surface area contributed by atoms with Crippen LogP contribution in [0.5, 0.6) is 0 Å². The molecule has 0 atom stereocenters. The molecule has 0 bridgehead atoms. The first kappa shape index (κ1) is 18.3. The van der Waals surface area contributed by atoms with Crippen molar-refractivity contribution in [1.82, 2.24) is 0 Å². The molecule has 0 aromatic heterocycles. The van der Waals surface area contributed by atoms with Crippen LogP contribution in [0.2, 0.25) is 0 Å². The molecule has 0 fully saturated rings. The Morgan fingerprint density at radius 3 is 1.92 bits per heavy atom. The van der Waals surface area contributed by atoms with Crippen molar-refractivity contribution in [2.24, 2.45) is 0 Å². The highest BCUT2D eigenvalue weighted by Crippen LogP contribution is 2.24. The van der Waals surface area contributed by atoms with Crippen molar-refractivity contribution < 1.29 is 25.6 Å². The summed E-state index contributed by atoms with van der Waals surface area (Å²) in [5.41, 5.74) is 0.0615. The number of sulfone groups is 1. The van der Waals surface area contributed by atoms with Crippen molar-refractivity contribution in [2.75, 3.05) is 4.72 Å². The number of benzene rings is 3. The Bertz CT molecular complexity index is 1160. The Labute approximate surface area is 149 Å². The van der Waals surface area contributed by atoms with E-state index >= 15 is 0 Å². The number of fused-ring (bicyclic) bond motifs is 1. The van der Waals surface area contributed by atoms with Crippen LogP contribution >= 0.6 is 0 Å². The number of rotatable bonds is 5. The minimum Gasteiger partial charge on any atom is -0.280 e. The lowest BCUT2D eigenvalue weighted by atomic mass is 10.1. The van der Waals surface area contributed by atoms with Crippen molar-refractivity contribution in [2.45, 2.75) is 15.5 Å². The van der Waals surface area contributed by atoms with Crippen LogP contribution in [0.3, 0.4) is 0 Å². The largest absolute Gasteiger partial charge is 0.341 e. The first-order chi connectivity index (χ1) is 12.2. The van der Waals surface area contributed by atoms with Crippen molar-refractivity contribution in [3.8, 4) is 0 Å². The number of hydrogen-bond acceptors (Lipinski definition) is 4. The molecule has 0 amide bonds. The molecule has 0 aliphatic carbocycles. The van der Waals surface area contributed by atoms with E-state index in [1.165, 1.54) is 12.1 Å². The van der Waals surface area contributed by atoms with Gasteiger partial charge in [-0.15, -0.1) is 0 Å². The summed E-state index contributed by atoms with van der Waals surface area (Å²) in [4.78, 5) is -0.554. The summed E-state index contributed by atoms with van der Waals surface area (Å²) in [7, 11) is -8.64. The van der Waals surface area contributed by atoms with Crippen molar-refractivity contribution in [1.29, 1.82) is 0 Å². The molecule has 1 N–H and O–H groups in total. The van der Waals surface area contributed by atoms with Gasteiger partial charge in [0.25, 0.3) is 10.0 Å². The molecule has 9 heteroatoms. The van der Waals surface area contributed by atoms with Crippen LogP contribution in [0.1, 0.15) is 0 Å². The topological polar surface area (TPSA) is 80.3 Å². The molecule has 136 valence electrons. The minimum atomic E-state index is -4.72. The SMILES string of the molecule is O=S(=O)(Nc1ccc(S(=O)(=O)C(F)F)cc1)c1ccc2ccccc2c1. The second-order valence-corrected chi connectivity index (χ2v) is 9.04. The zero-order chi connectivity index (χ0) is 18.9. The fraction of sp³-hybridized carbons (Fsp3) is 0.0588. The van der Waals surface area contributed by atoms with Crippen molar-refractivity contribution >= 4 is 36.3 Å². The fourth-order valence-electron chi connectivity index (χ4n) is 2.36. The number of hydrogen-bond donors (Lipinski definition) is 1. The molecule has 0 saturated heterocycles. The van der Waals surface area contributed by atoms with Crippen LogP contribution < -0.4 is 4.72 Å². The van der Waals surface area contributed by atoms with Crippen molar-refractivity contribution in [3.05, 3.63) is 66.7 Å². The zero-order valence-electron chi connectivity index (χ0n) is 13.1. The molecule has 3 rings (SSSR count). The number of anilines is 1. The monoisotopic (exact) mass is 397 g/mol. The second-order valence-electron chi connectivity index (χ2n) is 5.44. The maximum atomic E-state index is 12.5. The smallest absolute Gasteiger partial charge is 0.280 e. The molecule has 5 nitrogen and oxygen atoms in total. The normalized spacial score (nSPS) is 12.4. The molecule has 26 heavy (non-hydrogen) atoms. The average molecular weight is 397 g/mol. The first-order valence-corrected chi connectivity index (χ1v) is 10.4. The predicted molar refractivity (Wildman–Crippen MR) is 94.4 cm³/mol. The molecule has 0 unspecified atom stereocenters. The van der Waals surface area contributed by atoms with Gasteiger partial charge in [-0.2, -0.15) is 8.78 Å². The van der Waals surface area contributed by atoms with Gasteiger partial charge in [-0.1, -0.05) is 30.3 Å².